The molecule has 0 saturated heterocycles. The van der Waals surface area contributed by atoms with Crippen LogP contribution in [-0.4, -0.2) is 35.7 Å². The zero-order valence-corrected chi connectivity index (χ0v) is 10.1. The van der Waals surface area contributed by atoms with Gasteiger partial charge in [0.15, 0.2) is 0 Å². The Morgan fingerprint density at radius 3 is 1.93 bits per heavy atom. The van der Waals surface area contributed by atoms with Gasteiger partial charge in [0.25, 0.3) is 0 Å². The standard InChI is InChI=1S/C12H27NO/c1-4-6-9-13(10-7-5-2)12(3)8-11-14/h12,14H,4-11H2,1-3H3. The summed E-state index contributed by atoms with van der Waals surface area (Å²) in [4.78, 5) is 2.52. The summed E-state index contributed by atoms with van der Waals surface area (Å²) in [5.41, 5.74) is 0. The van der Waals surface area contributed by atoms with Crippen LogP contribution in [0, 0.1) is 0 Å². The summed E-state index contributed by atoms with van der Waals surface area (Å²) in [7, 11) is 0. The topological polar surface area (TPSA) is 23.5 Å². The van der Waals surface area contributed by atoms with Gasteiger partial charge in [0, 0.05) is 12.6 Å². The maximum absolute atomic E-state index is 8.91. The van der Waals surface area contributed by atoms with Crippen molar-refractivity contribution in [1.29, 1.82) is 0 Å². The number of hydrogen-bond donors (Lipinski definition) is 1. The van der Waals surface area contributed by atoms with Crippen molar-refractivity contribution in [3.63, 3.8) is 0 Å². The molecule has 0 fully saturated rings. The van der Waals surface area contributed by atoms with E-state index in [1.54, 1.807) is 0 Å². The molecule has 0 saturated carbocycles. The van der Waals surface area contributed by atoms with Crippen molar-refractivity contribution in [3.8, 4) is 0 Å². The lowest BCUT2D eigenvalue weighted by atomic mass is 10.1. The van der Waals surface area contributed by atoms with Crippen LogP contribution < -0.4 is 0 Å². The van der Waals surface area contributed by atoms with Gasteiger partial charge < -0.3 is 10.0 Å². The van der Waals surface area contributed by atoms with E-state index in [9.17, 15) is 0 Å². The largest absolute Gasteiger partial charge is 0.396 e. The average molecular weight is 201 g/mol. The smallest absolute Gasteiger partial charge is 0.0445 e. The predicted octanol–water partition coefficient (Wildman–Crippen LogP) is 2.66. The van der Waals surface area contributed by atoms with Crippen molar-refractivity contribution in [2.24, 2.45) is 0 Å². The molecule has 0 heterocycles. The van der Waals surface area contributed by atoms with E-state index < -0.39 is 0 Å². The second-order valence-electron chi connectivity index (χ2n) is 4.10. The van der Waals surface area contributed by atoms with Gasteiger partial charge in [0.05, 0.1) is 0 Å². The fourth-order valence-corrected chi connectivity index (χ4v) is 1.64. The number of aliphatic hydroxyl groups excluding tert-OH is 1. The molecule has 0 aromatic heterocycles. The molecule has 0 aromatic carbocycles. The Bertz CT molecular complexity index is 109. The zero-order valence-electron chi connectivity index (χ0n) is 10.1. The lowest BCUT2D eigenvalue weighted by Gasteiger charge is -2.28. The Kier molecular flexibility index (Phi) is 9.42. The molecule has 1 N–H and O–H groups in total. The van der Waals surface area contributed by atoms with E-state index in [1.165, 1.54) is 38.8 Å². The van der Waals surface area contributed by atoms with Crippen LogP contribution >= 0.6 is 0 Å². The Labute approximate surface area is 89.3 Å². The van der Waals surface area contributed by atoms with E-state index in [4.69, 9.17) is 5.11 Å². The molecule has 0 aliphatic heterocycles. The molecule has 0 spiro atoms. The highest BCUT2D eigenvalue weighted by Gasteiger charge is 2.11. The summed E-state index contributed by atoms with van der Waals surface area (Å²) in [6.45, 7) is 9.39. The van der Waals surface area contributed by atoms with Gasteiger partial charge in [-0.25, -0.2) is 0 Å². The predicted molar refractivity (Wildman–Crippen MR) is 62.6 cm³/mol. The maximum atomic E-state index is 8.91. The van der Waals surface area contributed by atoms with Crippen LogP contribution in [0.1, 0.15) is 52.9 Å². The summed E-state index contributed by atoms with van der Waals surface area (Å²) in [6, 6.07) is 0.540. The van der Waals surface area contributed by atoms with E-state index in [0.717, 1.165) is 6.42 Å². The van der Waals surface area contributed by atoms with Crippen molar-refractivity contribution in [1.82, 2.24) is 4.90 Å². The highest BCUT2D eigenvalue weighted by Crippen LogP contribution is 2.07. The molecule has 0 rings (SSSR count). The number of nitrogens with zero attached hydrogens (tertiary/aromatic N) is 1. The SMILES string of the molecule is CCCCN(CCCC)C(C)CCO. The summed E-state index contributed by atoms with van der Waals surface area (Å²) >= 11 is 0. The number of rotatable bonds is 9. The normalized spacial score (nSPS) is 13.5. The maximum Gasteiger partial charge on any atom is 0.0445 e. The van der Waals surface area contributed by atoms with Crippen LogP contribution in [0.2, 0.25) is 0 Å². The van der Waals surface area contributed by atoms with Crippen molar-refractivity contribution in [3.05, 3.63) is 0 Å². The second kappa shape index (κ2) is 9.47. The molecule has 0 aromatic rings. The first-order valence-electron chi connectivity index (χ1n) is 6.11. The van der Waals surface area contributed by atoms with Crippen molar-refractivity contribution < 1.29 is 5.11 Å². The van der Waals surface area contributed by atoms with Crippen LogP contribution in [-0.2, 0) is 0 Å². The summed E-state index contributed by atoms with van der Waals surface area (Å²) in [6.07, 6.45) is 5.98. The third-order valence-corrected chi connectivity index (χ3v) is 2.77. The highest BCUT2D eigenvalue weighted by molar-refractivity contribution is 4.66. The minimum Gasteiger partial charge on any atom is -0.396 e. The van der Waals surface area contributed by atoms with E-state index in [0.29, 0.717) is 12.6 Å². The first-order chi connectivity index (χ1) is 6.76. The minimum absolute atomic E-state index is 0.315. The van der Waals surface area contributed by atoms with Gasteiger partial charge in [-0.3, -0.25) is 0 Å². The number of unbranched alkanes of at least 4 members (excludes halogenated alkanes) is 2. The monoisotopic (exact) mass is 201 g/mol. The third-order valence-electron chi connectivity index (χ3n) is 2.77. The van der Waals surface area contributed by atoms with Crippen LogP contribution in [0.3, 0.4) is 0 Å². The molecule has 2 heteroatoms. The first kappa shape index (κ1) is 13.9. The molecular weight excluding hydrogens is 174 g/mol. The van der Waals surface area contributed by atoms with Gasteiger partial charge >= 0.3 is 0 Å². The summed E-state index contributed by atoms with van der Waals surface area (Å²) in [5, 5.41) is 8.91. The van der Waals surface area contributed by atoms with Crippen LogP contribution in [0.4, 0.5) is 0 Å². The van der Waals surface area contributed by atoms with E-state index in [1.807, 2.05) is 0 Å². The highest BCUT2D eigenvalue weighted by atomic mass is 16.3. The molecule has 0 radical (unpaired) electrons. The molecule has 0 aliphatic carbocycles. The Hall–Kier alpha value is -0.0800. The van der Waals surface area contributed by atoms with Gasteiger partial charge in [-0.2, -0.15) is 0 Å². The summed E-state index contributed by atoms with van der Waals surface area (Å²) < 4.78 is 0. The molecule has 0 amide bonds. The quantitative estimate of drug-likeness (QED) is 0.620. The third kappa shape index (κ3) is 6.39. The van der Waals surface area contributed by atoms with Crippen molar-refractivity contribution in [2.75, 3.05) is 19.7 Å². The Morgan fingerprint density at radius 1 is 1.07 bits per heavy atom. The molecule has 2 nitrogen and oxygen atoms in total. The molecule has 1 atom stereocenters. The minimum atomic E-state index is 0.315. The van der Waals surface area contributed by atoms with Gasteiger partial charge in [-0.15, -0.1) is 0 Å². The van der Waals surface area contributed by atoms with E-state index >= 15 is 0 Å². The van der Waals surface area contributed by atoms with Crippen molar-refractivity contribution >= 4 is 0 Å². The zero-order chi connectivity index (χ0) is 10.8. The van der Waals surface area contributed by atoms with E-state index in [2.05, 4.69) is 25.7 Å². The van der Waals surface area contributed by atoms with Gasteiger partial charge in [0.1, 0.15) is 0 Å². The Morgan fingerprint density at radius 2 is 1.57 bits per heavy atom. The first-order valence-corrected chi connectivity index (χ1v) is 6.11. The average Bonchev–Trinajstić information content (AvgIpc) is 2.18. The van der Waals surface area contributed by atoms with Crippen molar-refractivity contribution in [2.45, 2.75) is 58.9 Å². The molecule has 86 valence electrons. The molecular formula is C12H27NO. The number of aliphatic hydroxyl groups is 1. The van der Waals surface area contributed by atoms with Gasteiger partial charge in [-0.05, 0) is 39.3 Å². The second-order valence-corrected chi connectivity index (χ2v) is 4.10. The van der Waals surface area contributed by atoms with Crippen LogP contribution in [0.25, 0.3) is 0 Å². The van der Waals surface area contributed by atoms with E-state index in [-0.39, 0.29) is 0 Å². The lowest BCUT2D eigenvalue weighted by Crippen LogP contribution is -2.35. The Balaban J connectivity index is 3.81. The molecule has 0 aliphatic rings. The fraction of sp³-hybridized carbons (Fsp3) is 1.00. The molecule has 0 bridgehead atoms. The van der Waals surface area contributed by atoms with Gasteiger partial charge in [-0.1, -0.05) is 26.7 Å². The fourth-order valence-electron chi connectivity index (χ4n) is 1.64. The number of hydrogen-bond acceptors (Lipinski definition) is 2. The van der Waals surface area contributed by atoms with Crippen LogP contribution in [0.15, 0.2) is 0 Å². The molecule has 1 unspecified atom stereocenters. The lowest BCUT2D eigenvalue weighted by molar-refractivity contribution is 0.163. The van der Waals surface area contributed by atoms with Gasteiger partial charge in [0.2, 0.25) is 0 Å². The van der Waals surface area contributed by atoms with Crippen LogP contribution in [0.5, 0.6) is 0 Å². The molecule has 14 heavy (non-hydrogen) atoms. The summed E-state index contributed by atoms with van der Waals surface area (Å²) in [5.74, 6) is 0.